The molecule has 22 heavy (non-hydrogen) atoms. The predicted molar refractivity (Wildman–Crippen MR) is 81.0 cm³/mol. The summed E-state index contributed by atoms with van der Waals surface area (Å²) in [5.74, 6) is -0.964. The van der Waals surface area contributed by atoms with Crippen molar-refractivity contribution >= 4 is 11.9 Å². The van der Waals surface area contributed by atoms with Gasteiger partial charge < -0.3 is 10.1 Å². The molecular weight excluding hydrogens is 280 g/mol. The average Bonchev–Trinajstić information content (AvgIpc) is 2.54. The van der Waals surface area contributed by atoms with Crippen LogP contribution >= 0.6 is 0 Å². The minimum Gasteiger partial charge on any atom is -0.452 e. The van der Waals surface area contributed by atoms with Crippen LogP contribution in [0.15, 0.2) is 24.3 Å². The molecule has 5 heteroatoms. The molecule has 1 aromatic rings. The Morgan fingerprint density at radius 1 is 1.23 bits per heavy atom. The zero-order valence-corrected chi connectivity index (χ0v) is 12.7. The summed E-state index contributed by atoms with van der Waals surface area (Å²) in [6.45, 7) is 1.56. The van der Waals surface area contributed by atoms with E-state index in [1.807, 2.05) is 19.1 Å². The lowest BCUT2D eigenvalue weighted by Crippen LogP contribution is -2.50. The van der Waals surface area contributed by atoms with Crippen LogP contribution in [0, 0.1) is 18.3 Å². The van der Waals surface area contributed by atoms with Crippen molar-refractivity contribution < 1.29 is 14.3 Å². The van der Waals surface area contributed by atoms with Gasteiger partial charge in [0.2, 0.25) is 0 Å². The second-order valence-corrected chi connectivity index (χ2v) is 5.74. The van der Waals surface area contributed by atoms with Gasteiger partial charge in [-0.1, -0.05) is 37.0 Å². The molecule has 0 saturated heterocycles. The fourth-order valence-electron chi connectivity index (χ4n) is 2.63. The van der Waals surface area contributed by atoms with Gasteiger partial charge in [0, 0.05) is 0 Å². The Kier molecular flexibility index (Phi) is 5.16. The van der Waals surface area contributed by atoms with E-state index in [-0.39, 0.29) is 6.61 Å². The highest BCUT2D eigenvalue weighted by Crippen LogP contribution is 2.27. The Hall–Kier alpha value is -2.35. The molecule has 1 saturated carbocycles. The lowest BCUT2D eigenvalue weighted by molar-refractivity contribution is -0.125. The van der Waals surface area contributed by atoms with E-state index in [1.54, 1.807) is 12.1 Å². The van der Waals surface area contributed by atoms with Gasteiger partial charge in [-0.3, -0.25) is 4.79 Å². The van der Waals surface area contributed by atoms with E-state index in [1.165, 1.54) is 0 Å². The topological polar surface area (TPSA) is 79.2 Å². The van der Waals surface area contributed by atoms with Crippen molar-refractivity contribution in [2.75, 3.05) is 6.61 Å². The lowest BCUT2D eigenvalue weighted by Gasteiger charge is -2.31. The van der Waals surface area contributed by atoms with Crippen LogP contribution in [0.2, 0.25) is 0 Å². The number of rotatable bonds is 4. The van der Waals surface area contributed by atoms with Crippen molar-refractivity contribution in [1.29, 1.82) is 5.26 Å². The van der Waals surface area contributed by atoms with Crippen LogP contribution in [0.3, 0.4) is 0 Å². The number of nitriles is 1. The summed E-state index contributed by atoms with van der Waals surface area (Å²) in [5.41, 5.74) is 0.652. The second kappa shape index (κ2) is 7.08. The zero-order chi connectivity index (χ0) is 16.0. The first-order chi connectivity index (χ1) is 10.5. The van der Waals surface area contributed by atoms with Crippen molar-refractivity contribution in [2.24, 2.45) is 0 Å². The number of carbonyl (C=O) groups excluding carboxylic acids is 2. The smallest absolute Gasteiger partial charge is 0.338 e. The molecular formula is C17H20N2O3. The van der Waals surface area contributed by atoms with Crippen molar-refractivity contribution in [3.05, 3.63) is 35.4 Å². The first-order valence-corrected chi connectivity index (χ1v) is 7.51. The molecule has 0 aromatic heterocycles. The van der Waals surface area contributed by atoms with E-state index in [4.69, 9.17) is 4.74 Å². The van der Waals surface area contributed by atoms with Crippen LogP contribution in [0.4, 0.5) is 0 Å². The minimum atomic E-state index is -0.800. The summed E-state index contributed by atoms with van der Waals surface area (Å²) >= 11 is 0. The first-order valence-electron chi connectivity index (χ1n) is 7.51. The molecule has 5 nitrogen and oxygen atoms in total. The number of ether oxygens (including phenoxy) is 1. The molecule has 1 aliphatic rings. The Morgan fingerprint density at radius 2 is 1.86 bits per heavy atom. The average molecular weight is 300 g/mol. The zero-order valence-electron chi connectivity index (χ0n) is 12.7. The number of nitrogens with zero attached hydrogens (tertiary/aromatic N) is 1. The standard InChI is InChI=1S/C17H20N2O3/c1-13-5-7-14(8-6-13)16(21)22-11-15(20)19-17(12-18)9-3-2-4-10-17/h5-8H,2-4,9-11H2,1H3,(H,19,20). The number of esters is 1. The molecule has 1 amide bonds. The summed E-state index contributed by atoms with van der Waals surface area (Å²) in [4.78, 5) is 23.8. The summed E-state index contributed by atoms with van der Waals surface area (Å²) in [6.07, 6.45) is 4.25. The van der Waals surface area contributed by atoms with Gasteiger partial charge in [0.25, 0.3) is 5.91 Å². The third kappa shape index (κ3) is 4.08. The summed E-state index contributed by atoms with van der Waals surface area (Å²) in [7, 11) is 0. The molecule has 2 rings (SSSR count). The number of amides is 1. The van der Waals surface area contributed by atoms with E-state index in [0.29, 0.717) is 18.4 Å². The van der Waals surface area contributed by atoms with Gasteiger partial charge in [0.15, 0.2) is 6.61 Å². The van der Waals surface area contributed by atoms with Gasteiger partial charge in [0.05, 0.1) is 11.6 Å². The van der Waals surface area contributed by atoms with Crippen molar-refractivity contribution in [2.45, 2.75) is 44.6 Å². The molecule has 0 spiro atoms. The summed E-state index contributed by atoms with van der Waals surface area (Å²) < 4.78 is 5.00. The van der Waals surface area contributed by atoms with E-state index < -0.39 is 17.4 Å². The highest BCUT2D eigenvalue weighted by molar-refractivity contribution is 5.91. The number of hydrogen-bond acceptors (Lipinski definition) is 4. The lowest BCUT2D eigenvalue weighted by atomic mass is 9.83. The Balaban J connectivity index is 1.86. The van der Waals surface area contributed by atoms with Crippen molar-refractivity contribution in [1.82, 2.24) is 5.32 Å². The molecule has 0 aliphatic heterocycles. The number of hydrogen-bond donors (Lipinski definition) is 1. The second-order valence-electron chi connectivity index (χ2n) is 5.74. The molecule has 0 unspecified atom stereocenters. The highest BCUT2D eigenvalue weighted by Gasteiger charge is 2.33. The van der Waals surface area contributed by atoms with Gasteiger partial charge in [0.1, 0.15) is 5.54 Å². The highest BCUT2D eigenvalue weighted by atomic mass is 16.5. The minimum absolute atomic E-state index is 0.365. The molecule has 1 aromatic carbocycles. The number of benzene rings is 1. The molecule has 1 fully saturated rings. The fraction of sp³-hybridized carbons (Fsp3) is 0.471. The molecule has 1 N–H and O–H groups in total. The molecule has 116 valence electrons. The SMILES string of the molecule is Cc1ccc(C(=O)OCC(=O)NC2(C#N)CCCCC2)cc1. The van der Waals surface area contributed by atoms with E-state index in [2.05, 4.69) is 11.4 Å². The van der Waals surface area contributed by atoms with Crippen molar-refractivity contribution in [3.8, 4) is 6.07 Å². The summed E-state index contributed by atoms with van der Waals surface area (Å²) in [5, 5.41) is 12.0. The van der Waals surface area contributed by atoms with Gasteiger partial charge in [-0.2, -0.15) is 5.26 Å². The predicted octanol–water partition coefficient (Wildman–Crippen LogP) is 2.49. The Labute approximate surface area is 130 Å². The van der Waals surface area contributed by atoms with Crippen LogP contribution in [0.25, 0.3) is 0 Å². The largest absolute Gasteiger partial charge is 0.452 e. The van der Waals surface area contributed by atoms with Crippen LogP contribution in [0.1, 0.15) is 48.0 Å². The quantitative estimate of drug-likeness (QED) is 0.866. The number of aryl methyl sites for hydroxylation is 1. The molecule has 0 atom stereocenters. The third-order valence-electron chi connectivity index (χ3n) is 3.92. The summed E-state index contributed by atoms with van der Waals surface area (Å²) in [6, 6.07) is 9.14. The first kappa shape index (κ1) is 16.0. The van der Waals surface area contributed by atoms with Crippen LogP contribution < -0.4 is 5.32 Å². The maximum absolute atomic E-state index is 11.9. The number of carbonyl (C=O) groups is 2. The van der Waals surface area contributed by atoms with Gasteiger partial charge in [-0.15, -0.1) is 0 Å². The Morgan fingerprint density at radius 3 is 2.45 bits per heavy atom. The fourth-order valence-corrected chi connectivity index (χ4v) is 2.63. The van der Waals surface area contributed by atoms with Crippen LogP contribution in [-0.4, -0.2) is 24.0 Å². The molecule has 1 aliphatic carbocycles. The van der Waals surface area contributed by atoms with Gasteiger partial charge >= 0.3 is 5.97 Å². The maximum atomic E-state index is 11.9. The molecule has 0 bridgehead atoms. The van der Waals surface area contributed by atoms with E-state index >= 15 is 0 Å². The third-order valence-corrected chi connectivity index (χ3v) is 3.92. The Bertz CT molecular complexity index is 581. The van der Waals surface area contributed by atoms with Crippen LogP contribution in [-0.2, 0) is 9.53 Å². The maximum Gasteiger partial charge on any atom is 0.338 e. The van der Waals surface area contributed by atoms with E-state index in [0.717, 1.165) is 24.8 Å². The van der Waals surface area contributed by atoms with Gasteiger partial charge in [-0.25, -0.2) is 4.79 Å². The van der Waals surface area contributed by atoms with Crippen molar-refractivity contribution in [3.63, 3.8) is 0 Å². The molecule has 0 heterocycles. The monoisotopic (exact) mass is 300 g/mol. The van der Waals surface area contributed by atoms with E-state index in [9.17, 15) is 14.9 Å². The number of nitrogens with one attached hydrogen (secondary N) is 1. The van der Waals surface area contributed by atoms with Crippen LogP contribution in [0.5, 0.6) is 0 Å². The normalized spacial score (nSPS) is 16.4. The van der Waals surface area contributed by atoms with Gasteiger partial charge in [-0.05, 0) is 31.9 Å². The molecule has 0 radical (unpaired) electrons.